The highest BCUT2D eigenvalue weighted by atomic mass is 15.0. The maximum atomic E-state index is 8.84. The predicted molar refractivity (Wildman–Crippen MR) is 225 cm³/mol. The zero-order valence-corrected chi connectivity index (χ0v) is 28.7. The Morgan fingerprint density at radius 2 is 0.926 bits per heavy atom. The Morgan fingerprint density at radius 1 is 0.389 bits per heavy atom. The molecule has 2 aliphatic carbocycles. The van der Waals surface area contributed by atoms with Crippen molar-refractivity contribution >= 4 is 32.6 Å². The van der Waals surface area contributed by atoms with Crippen LogP contribution in [-0.2, 0) is 5.41 Å². The summed E-state index contributed by atoms with van der Waals surface area (Å²) >= 11 is 0. The molecule has 0 fully saturated rings. The molecular formula is C53H33N. The Morgan fingerprint density at radius 3 is 1.57 bits per heavy atom. The molecule has 0 N–H and O–H groups in total. The van der Waals surface area contributed by atoms with Crippen molar-refractivity contribution in [1.29, 1.82) is 0 Å². The maximum Gasteiger partial charge on any atom is 0.0726 e. The summed E-state index contributed by atoms with van der Waals surface area (Å²) in [6.45, 7) is 0. The van der Waals surface area contributed by atoms with Gasteiger partial charge in [0.05, 0.1) is 35.8 Å². The Hall–Kier alpha value is -6.96. The van der Waals surface area contributed by atoms with Crippen LogP contribution in [0.25, 0.3) is 82.8 Å². The van der Waals surface area contributed by atoms with Crippen LogP contribution in [-0.4, -0.2) is 4.57 Å². The summed E-state index contributed by atoms with van der Waals surface area (Å²) in [5.41, 5.74) is 12.1. The standard InChI is InChI=1S/C53H33N/c1-3-14-34(15-4-1)37-27-30-48-42(32-37)43-33-38(35-16-5-2-6-17-35)28-31-49(43)54(48)50-25-13-24-46-52(50)41-21-10-12-23-45(41)53(46)44-22-11-9-20-40(44)51-39-19-8-7-18-36(39)26-29-47(51)53/h1-33H/i1D,2D,3D,4D,5D,6D,14D,15D,16D,17D. The van der Waals surface area contributed by atoms with Gasteiger partial charge >= 0.3 is 0 Å². The summed E-state index contributed by atoms with van der Waals surface area (Å²) < 4.78 is 87.8. The zero-order chi connectivity index (χ0) is 44.1. The van der Waals surface area contributed by atoms with Gasteiger partial charge in [0.25, 0.3) is 0 Å². The van der Waals surface area contributed by atoms with E-state index in [-0.39, 0.29) is 35.3 Å². The van der Waals surface area contributed by atoms with E-state index >= 15 is 0 Å². The maximum absolute atomic E-state index is 8.84. The molecule has 12 rings (SSSR count). The average molecular weight is 694 g/mol. The van der Waals surface area contributed by atoms with Crippen LogP contribution in [0, 0.1) is 0 Å². The van der Waals surface area contributed by atoms with Crippen LogP contribution in [0.2, 0.25) is 0 Å². The number of hydrogen-bond acceptors (Lipinski definition) is 0. The number of rotatable bonds is 3. The SMILES string of the molecule is [2H]c1c([2H])c([2H])c(-c2ccc3c(c2)c2cc(-c4c([2H])c([2H])c([2H])c([2H])c4[2H])ccc2n3-c2cccc3c2-c2ccccc2C32c3ccccc3-c3c2ccc2ccccc32)c([2H])c1[2H]. The summed E-state index contributed by atoms with van der Waals surface area (Å²) in [5.74, 6) is 0. The van der Waals surface area contributed by atoms with Crippen molar-refractivity contribution in [3.63, 3.8) is 0 Å². The molecule has 0 radical (unpaired) electrons. The fourth-order valence-corrected chi connectivity index (χ4v) is 9.51. The van der Waals surface area contributed by atoms with E-state index in [0.717, 1.165) is 33.4 Å². The molecule has 1 spiro atoms. The van der Waals surface area contributed by atoms with Gasteiger partial charge in [0.15, 0.2) is 0 Å². The lowest BCUT2D eigenvalue weighted by Crippen LogP contribution is -2.25. The van der Waals surface area contributed by atoms with Crippen LogP contribution < -0.4 is 0 Å². The lowest BCUT2D eigenvalue weighted by atomic mass is 9.70. The molecule has 0 amide bonds. The fraction of sp³-hybridized carbons (Fsp3) is 0.0189. The second-order valence-corrected chi connectivity index (χ2v) is 14.0. The van der Waals surface area contributed by atoms with Crippen molar-refractivity contribution in [3.05, 3.63) is 222 Å². The van der Waals surface area contributed by atoms with Crippen molar-refractivity contribution in [1.82, 2.24) is 4.57 Å². The molecule has 9 aromatic carbocycles. The van der Waals surface area contributed by atoms with E-state index in [4.69, 9.17) is 13.7 Å². The normalized spacial score (nSPS) is 17.7. The van der Waals surface area contributed by atoms with Gasteiger partial charge in [-0.25, -0.2) is 0 Å². The molecule has 0 saturated carbocycles. The molecule has 250 valence electrons. The highest BCUT2D eigenvalue weighted by Crippen LogP contribution is 2.64. The molecule has 1 heterocycles. The third-order valence-corrected chi connectivity index (χ3v) is 11.6. The van der Waals surface area contributed by atoms with Crippen LogP contribution in [0.15, 0.2) is 200 Å². The first kappa shape index (κ1) is 21.5. The van der Waals surface area contributed by atoms with E-state index in [2.05, 4.69) is 108 Å². The molecule has 10 aromatic rings. The summed E-state index contributed by atoms with van der Waals surface area (Å²) in [6, 6.07) is 43.9. The van der Waals surface area contributed by atoms with Gasteiger partial charge in [-0.15, -0.1) is 0 Å². The van der Waals surface area contributed by atoms with E-state index in [1.165, 1.54) is 38.6 Å². The third-order valence-electron chi connectivity index (χ3n) is 11.6. The Labute approximate surface area is 328 Å². The third kappa shape index (κ3) is 3.83. The van der Waals surface area contributed by atoms with Gasteiger partial charge in [-0.05, 0) is 102 Å². The summed E-state index contributed by atoms with van der Waals surface area (Å²) in [7, 11) is 0. The largest absolute Gasteiger partial charge is 0.309 e. The molecule has 1 nitrogen and oxygen atoms in total. The number of aromatic nitrogens is 1. The molecular weight excluding hydrogens is 651 g/mol. The molecule has 2 aliphatic rings. The van der Waals surface area contributed by atoms with Gasteiger partial charge in [0, 0.05) is 16.3 Å². The van der Waals surface area contributed by atoms with E-state index in [0.29, 0.717) is 21.9 Å². The molecule has 1 unspecified atom stereocenters. The summed E-state index contributed by atoms with van der Waals surface area (Å²) in [5, 5.41) is 3.74. The Kier molecular flexibility index (Phi) is 4.40. The first-order valence-electron chi connectivity index (χ1n) is 23.0. The minimum absolute atomic E-state index is 0.0677. The summed E-state index contributed by atoms with van der Waals surface area (Å²) in [4.78, 5) is 0. The highest BCUT2D eigenvalue weighted by Gasteiger charge is 2.52. The fourth-order valence-electron chi connectivity index (χ4n) is 9.51. The van der Waals surface area contributed by atoms with Crippen LogP contribution in [0.3, 0.4) is 0 Å². The van der Waals surface area contributed by atoms with E-state index in [1.807, 2.05) is 24.3 Å². The molecule has 0 bridgehead atoms. The van der Waals surface area contributed by atoms with E-state index in [1.54, 1.807) is 12.1 Å². The molecule has 1 heteroatoms. The van der Waals surface area contributed by atoms with Crippen molar-refractivity contribution < 1.29 is 13.7 Å². The lowest BCUT2D eigenvalue weighted by molar-refractivity contribution is 0.794. The number of fused-ring (bicyclic) bond motifs is 15. The minimum atomic E-state index is -0.640. The highest BCUT2D eigenvalue weighted by molar-refractivity contribution is 6.13. The second kappa shape index (κ2) is 11.0. The van der Waals surface area contributed by atoms with Gasteiger partial charge in [0.1, 0.15) is 0 Å². The lowest BCUT2D eigenvalue weighted by Gasteiger charge is -2.30. The van der Waals surface area contributed by atoms with Crippen molar-refractivity contribution in [2.75, 3.05) is 0 Å². The van der Waals surface area contributed by atoms with Crippen molar-refractivity contribution in [2.24, 2.45) is 0 Å². The molecule has 0 aliphatic heterocycles. The quantitative estimate of drug-likeness (QED) is 0.174. The van der Waals surface area contributed by atoms with Crippen LogP contribution in [0.5, 0.6) is 0 Å². The molecule has 54 heavy (non-hydrogen) atoms. The van der Waals surface area contributed by atoms with Crippen molar-refractivity contribution in [2.45, 2.75) is 5.41 Å². The van der Waals surface area contributed by atoms with Gasteiger partial charge in [-0.1, -0.05) is 170 Å². The minimum Gasteiger partial charge on any atom is -0.309 e. The van der Waals surface area contributed by atoms with Gasteiger partial charge in [-0.3, -0.25) is 0 Å². The molecule has 0 saturated heterocycles. The van der Waals surface area contributed by atoms with E-state index < -0.39 is 41.7 Å². The van der Waals surface area contributed by atoms with E-state index in [9.17, 15) is 0 Å². The first-order chi connectivity index (χ1) is 30.9. The van der Waals surface area contributed by atoms with Gasteiger partial charge < -0.3 is 4.57 Å². The van der Waals surface area contributed by atoms with Gasteiger partial charge in [0.2, 0.25) is 0 Å². The topological polar surface area (TPSA) is 4.93 Å². The number of nitrogens with zero attached hydrogens (tertiary/aromatic N) is 1. The van der Waals surface area contributed by atoms with Crippen LogP contribution >= 0.6 is 0 Å². The van der Waals surface area contributed by atoms with Crippen molar-refractivity contribution in [3.8, 4) is 50.2 Å². The predicted octanol–water partition coefficient (Wildman–Crippen LogP) is 13.6. The van der Waals surface area contributed by atoms with Crippen LogP contribution in [0.4, 0.5) is 0 Å². The Bertz CT molecular complexity index is 3570. The average Bonchev–Trinajstić information content (AvgIpc) is 3.93. The smallest absolute Gasteiger partial charge is 0.0726 e. The Balaban J connectivity index is 1.19. The van der Waals surface area contributed by atoms with Gasteiger partial charge in [-0.2, -0.15) is 0 Å². The number of benzene rings is 9. The first-order valence-corrected chi connectivity index (χ1v) is 18.0. The zero-order valence-electron chi connectivity index (χ0n) is 38.7. The van der Waals surface area contributed by atoms with Crippen LogP contribution in [0.1, 0.15) is 36.0 Å². The monoisotopic (exact) mass is 693 g/mol. The second-order valence-electron chi connectivity index (χ2n) is 14.0. The summed E-state index contributed by atoms with van der Waals surface area (Å²) in [6.07, 6.45) is 0. The number of hydrogen-bond donors (Lipinski definition) is 0. The molecule has 1 aromatic heterocycles. The molecule has 1 atom stereocenters.